The number of hydrogen-bond donors (Lipinski definition) is 1. The van der Waals surface area contributed by atoms with E-state index in [1.165, 1.54) is 80.1 Å². The zero-order valence-electron chi connectivity index (χ0n) is 18.1. The molecule has 2 aromatic carbocycles. The van der Waals surface area contributed by atoms with E-state index in [1.54, 1.807) is 0 Å². The molecule has 158 valence electrons. The Morgan fingerprint density at radius 3 is 2.20 bits per heavy atom. The van der Waals surface area contributed by atoms with Crippen molar-refractivity contribution in [3.05, 3.63) is 47.5 Å². The van der Waals surface area contributed by atoms with Crippen LogP contribution in [0.1, 0.15) is 74.7 Å². The van der Waals surface area contributed by atoms with Crippen LogP contribution in [-0.4, -0.2) is 12.5 Å². The molecule has 0 bridgehead atoms. The molecular formula is C26H31NOS2. The van der Waals surface area contributed by atoms with Gasteiger partial charge in [-0.2, -0.15) is 0 Å². The molecule has 0 saturated carbocycles. The Hall–Kier alpha value is -1.91. The Morgan fingerprint density at radius 2 is 1.47 bits per heavy atom. The van der Waals surface area contributed by atoms with Gasteiger partial charge in [0.25, 0.3) is 5.91 Å². The first-order valence-corrected chi connectivity index (χ1v) is 13.0. The molecule has 0 saturated heterocycles. The first-order chi connectivity index (χ1) is 14.7. The van der Waals surface area contributed by atoms with Crippen molar-refractivity contribution in [2.24, 2.45) is 0 Å². The zero-order valence-corrected chi connectivity index (χ0v) is 19.7. The molecule has 0 aliphatic rings. The van der Waals surface area contributed by atoms with Gasteiger partial charge in [-0.1, -0.05) is 64.2 Å². The molecular weight excluding hydrogens is 406 g/mol. The maximum atomic E-state index is 12.3. The Bertz CT molecular complexity index is 1150. The molecule has 4 rings (SSSR count). The van der Waals surface area contributed by atoms with E-state index in [0.717, 1.165) is 18.5 Å². The Labute approximate surface area is 187 Å². The third-order valence-electron chi connectivity index (χ3n) is 5.76. The molecule has 0 aliphatic carbocycles. The van der Waals surface area contributed by atoms with Gasteiger partial charge in [0.2, 0.25) is 0 Å². The molecule has 30 heavy (non-hydrogen) atoms. The summed E-state index contributed by atoms with van der Waals surface area (Å²) in [5.41, 5.74) is 2.22. The van der Waals surface area contributed by atoms with E-state index in [-0.39, 0.29) is 5.91 Å². The molecule has 2 nitrogen and oxygen atoms in total. The van der Waals surface area contributed by atoms with Crippen LogP contribution in [0.25, 0.3) is 29.6 Å². The van der Waals surface area contributed by atoms with E-state index in [1.807, 2.05) is 28.7 Å². The molecule has 1 amide bonds. The van der Waals surface area contributed by atoms with Crippen LogP contribution in [0.3, 0.4) is 0 Å². The maximum Gasteiger partial charge on any atom is 0.251 e. The number of carbonyl (C=O) groups is 1. The summed E-state index contributed by atoms with van der Waals surface area (Å²) in [6.07, 6.45) is 10.2. The molecule has 0 fully saturated rings. The van der Waals surface area contributed by atoms with Crippen LogP contribution in [0.4, 0.5) is 0 Å². The van der Waals surface area contributed by atoms with Crippen molar-refractivity contribution < 1.29 is 4.79 Å². The number of carbonyl (C=O) groups excluding carboxylic acids is 1. The molecule has 0 radical (unpaired) electrons. The van der Waals surface area contributed by atoms with Gasteiger partial charge < -0.3 is 5.32 Å². The Balaban J connectivity index is 1.53. The average molecular weight is 438 g/mol. The highest BCUT2D eigenvalue weighted by atomic mass is 32.1. The van der Waals surface area contributed by atoms with E-state index in [2.05, 4.69) is 49.5 Å². The predicted octanol–water partition coefficient (Wildman–Crippen LogP) is 8.31. The number of aryl methyl sites for hydroxylation is 1. The van der Waals surface area contributed by atoms with Crippen LogP contribution < -0.4 is 5.32 Å². The second kappa shape index (κ2) is 9.93. The van der Waals surface area contributed by atoms with Crippen molar-refractivity contribution in [1.29, 1.82) is 0 Å². The molecule has 4 heteroatoms. The Kier molecular flexibility index (Phi) is 7.06. The summed E-state index contributed by atoms with van der Waals surface area (Å²) < 4.78 is 5.33. The molecule has 2 heterocycles. The molecule has 0 atom stereocenters. The van der Waals surface area contributed by atoms with Gasteiger partial charge in [-0.3, -0.25) is 4.79 Å². The molecule has 0 spiro atoms. The van der Waals surface area contributed by atoms with Gasteiger partial charge in [0, 0.05) is 32.3 Å². The van der Waals surface area contributed by atoms with Crippen molar-refractivity contribution in [3.8, 4) is 0 Å². The number of unbranched alkanes of at least 4 members (excludes halogenated alkanes) is 5. The predicted molar refractivity (Wildman–Crippen MR) is 134 cm³/mol. The van der Waals surface area contributed by atoms with Crippen molar-refractivity contribution in [2.45, 2.75) is 65.2 Å². The zero-order chi connectivity index (χ0) is 20.9. The quantitative estimate of drug-likeness (QED) is 0.248. The van der Waals surface area contributed by atoms with E-state index in [4.69, 9.17) is 0 Å². The lowest BCUT2D eigenvalue weighted by molar-refractivity contribution is 0.0954. The number of amides is 1. The largest absolute Gasteiger partial charge is 0.352 e. The first kappa shape index (κ1) is 21.3. The second-order valence-corrected chi connectivity index (χ2v) is 10.3. The highest BCUT2D eigenvalue weighted by Gasteiger charge is 2.14. The van der Waals surface area contributed by atoms with Crippen molar-refractivity contribution >= 4 is 58.2 Å². The summed E-state index contributed by atoms with van der Waals surface area (Å²) in [5, 5.41) is 5.62. The van der Waals surface area contributed by atoms with Gasteiger partial charge >= 0.3 is 0 Å². The fourth-order valence-corrected chi connectivity index (χ4v) is 6.80. The number of fused-ring (bicyclic) bond motifs is 5. The normalized spacial score (nSPS) is 11.7. The van der Waals surface area contributed by atoms with Gasteiger partial charge in [-0.15, -0.1) is 22.7 Å². The van der Waals surface area contributed by atoms with Gasteiger partial charge in [-0.05, 0) is 43.0 Å². The summed E-state index contributed by atoms with van der Waals surface area (Å²) >= 11 is 3.72. The average Bonchev–Trinajstić information content (AvgIpc) is 3.29. The fourth-order valence-electron chi connectivity index (χ4n) is 4.05. The van der Waals surface area contributed by atoms with Crippen molar-refractivity contribution in [3.63, 3.8) is 0 Å². The summed E-state index contributed by atoms with van der Waals surface area (Å²) in [5.74, 6) is 0.0275. The van der Waals surface area contributed by atoms with Gasteiger partial charge in [0.05, 0.1) is 9.40 Å². The van der Waals surface area contributed by atoms with Crippen LogP contribution >= 0.6 is 22.7 Å². The molecule has 4 aromatic rings. The van der Waals surface area contributed by atoms with Crippen molar-refractivity contribution in [1.82, 2.24) is 5.32 Å². The highest BCUT2D eigenvalue weighted by molar-refractivity contribution is 7.36. The van der Waals surface area contributed by atoms with E-state index in [9.17, 15) is 4.79 Å². The summed E-state index contributed by atoms with van der Waals surface area (Å²) in [7, 11) is 0. The van der Waals surface area contributed by atoms with Crippen LogP contribution in [0.2, 0.25) is 0 Å². The topological polar surface area (TPSA) is 29.1 Å². The Morgan fingerprint density at radius 1 is 0.800 bits per heavy atom. The smallest absolute Gasteiger partial charge is 0.251 e. The molecule has 2 aromatic heterocycles. The number of rotatable bonds is 10. The van der Waals surface area contributed by atoms with Gasteiger partial charge in [-0.25, -0.2) is 0 Å². The summed E-state index contributed by atoms with van der Waals surface area (Å²) in [6, 6.07) is 13.2. The number of thiophene rings is 2. The van der Waals surface area contributed by atoms with Gasteiger partial charge in [0.1, 0.15) is 0 Å². The van der Waals surface area contributed by atoms with Crippen LogP contribution in [0, 0.1) is 0 Å². The molecule has 0 unspecified atom stereocenters. The fraction of sp³-hybridized carbons (Fsp3) is 0.423. The highest BCUT2D eigenvalue weighted by Crippen LogP contribution is 2.44. The van der Waals surface area contributed by atoms with Gasteiger partial charge in [0.15, 0.2) is 0 Å². The summed E-state index contributed by atoms with van der Waals surface area (Å²) in [4.78, 5) is 12.3. The maximum absolute atomic E-state index is 12.3. The van der Waals surface area contributed by atoms with Crippen LogP contribution in [0.5, 0.6) is 0 Å². The SMILES string of the molecule is CCCCCCCCc1ccc2c(c1)sc1c3ccc(C(=O)NCCC)cc3sc21. The van der Waals surface area contributed by atoms with E-state index in [0.29, 0.717) is 0 Å². The molecule has 1 N–H and O–H groups in total. The number of hydrogen-bond acceptors (Lipinski definition) is 3. The second-order valence-electron chi connectivity index (χ2n) is 8.18. The number of nitrogens with one attached hydrogen (secondary N) is 1. The van der Waals surface area contributed by atoms with Crippen LogP contribution in [-0.2, 0) is 6.42 Å². The van der Waals surface area contributed by atoms with Crippen LogP contribution in [0.15, 0.2) is 36.4 Å². The third kappa shape index (κ3) is 4.55. The first-order valence-electron chi connectivity index (χ1n) is 11.4. The molecule has 0 aliphatic heterocycles. The minimum absolute atomic E-state index is 0.0275. The monoisotopic (exact) mass is 437 g/mol. The van der Waals surface area contributed by atoms with E-state index < -0.39 is 0 Å². The van der Waals surface area contributed by atoms with Crippen molar-refractivity contribution in [2.75, 3.05) is 6.54 Å². The number of benzene rings is 2. The standard InChI is InChI=1S/C26H31NOS2/c1-3-5-6-7-8-9-10-18-11-13-20-22(16-18)29-25-21-14-12-19(26(28)27-15-4-2)17-23(21)30-24(20)25/h11-14,16-17H,3-10,15H2,1-2H3,(H,27,28). The third-order valence-corrected chi connectivity index (χ3v) is 8.26. The minimum atomic E-state index is 0.0275. The lowest BCUT2D eigenvalue weighted by atomic mass is 10.0. The minimum Gasteiger partial charge on any atom is -0.352 e. The lowest BCUT2D eigenvalue weighted by Crippen LogP contribution is -2.23. The van der Waals surface area contributed by atoms with E-state index >= 15 is 0 Å². The lowest BCUT2D eigenvalue weighted by Gasteiger charge is -2.03. The summed E-state index contributed by atoms with van der Waals surface area (Å²) in [6.45, 7) is 5.07.